The second-order valence-corrected chi connectivity index (χ2v) is 5.99. The van der Waals surface area contributed by atoms with E-state index in [0.29, 0.717) is 25.6 Å². The Bertz CT molecular complexity index is 610. The first-order chi connectivity index (χ1) is 10.5. The smallest absolute Gasteiger partial charge is 0.236 e. The molecule has 0 fully saturated rings. The van der Waals surface area contributed by atoms with Crippen LogP contribution in [-0.2, 0) is 16.1 Å². The fourth-order valence-electron chi connectivity index (χ4n) is 2.07. The van der Waals surface area contributed by atoms with Crippen molar-refractivity contribution < 1.29 is 13.9 Å². The van der Waals surface area contributed by atoms with Gasteiger partial charge < -0.3 is 14.9 Å². The summed E-state index contributed by atoms with van der Waals surface area (Å²) in [6.07, 6.45) is 0. The lowest BCUT2D eigenvalue weighted by Crippen LogP contribution is -2.43. The van der Waals surface area contributed by atoms with Gasteiger partial charge in [-0.05, 0) is 25.3 Å². The molecule has 0 unspecified atom stereocenters. The van der Waals surface area contributed by atoms with E-state index >= 15 is 0 Å². The van der Waals surface area contributed by atoms with Crippen molar-refractivity contribution in [3.8, 4) is 10.8 Å². The predicted octanol–water partition coefficient (Wildman–Crippen LogP) is 2.03. The average molecular weight is 323 g/mol. The summed E-state index contributed by atoms with van der Waals surface area (Å²) in [7, 11) is 1.63. The van der Waals surface area contributed by atoms with E-state index in [1.165, 1.54) is 0 Å². The van der Waals surface area contributed by atoms with Gasteiger partial charge in [-0.1, -0.05) is 6.07 Å². The lowest BCUT2D eigenvalue weighted by molar-refractivity contribution is -0.123. The molecule has 2 N–H and O–H groups in total. The van der Waals surface area contributed by atoms with Gasteiger partial charge in [0.1, 0.15) is 5.76 Å². The maximum atomic E-state index is 11.5. The number of carbonyl (C=O) groups excluding carboxylic acids is 1. The van der Waals surface area contributed by atoms with E-state index in [-0.39, 0.29) is 5.91 Å². The first kappa shape index (κ1) is 16.7. The third-order valence-electron chi connectivity index (χ3n) is 3.52. The van der Waals surface area contributed by atoms with Crippen molar-refractivity contribution in [1.29, 1.82) is 0 Å². The highest BCUT2D eigenvalue weighted by Crippen LogP contribution is 2.26. The summed E-state index contributed by atoms with van der Waals surface area (Å²) in [5.74, 6) is 0.999. The molecule has 0 aliphatic heterocycles. The van der Waals surface area contributed by atoms with Gasteiger partial charge in [0, 0.05) is 20.2 Å². The third-order valence-corrected chi connectivity index (χ3v) is 4.38. The van der Waals surface area contributed by atoms with Crippen LogP contribution in [0.2, 0.25) is 0 Å². The molecule has 0 aliphatic carbocycles. The van der Waals surface area contributed by atoms with Gasteiger partial charge in [0.2, 0.25) is 11.8 Å². The number of primary amides is 1. The number of oxazole rings is 1. The second kappa shape index (κ2) is 7.53. The zero-order valence-corrected chi connectivity index (χ0v) is 13.9. The third kappa shape index (κ3) is 3.94. The summed E-state index contributed by atoms with van der Waals surface area (Å²) in [6.45, 7) is 5.28. The van der Waals surface area contributed by atoms with Crippen molar-refractivity contribution in [2.24, 2.45) is 5.73 Å². The zero-order valence-electron chi connectivity index (χ0n) is 13.0. The molecule has 6 nitrogen and oxygen atoms in total. The first-order valence-corrected chi connectivity index (χ1v) is 7.93. The molecule has 0 bridgehead atoms. The highest BCUT2D eigenvalue weighted by molar-refractivity contribution is 7.13. The number of ether oxygens (including phenoxy) is 1. The highest BCUT2D eigenvalue weighted by Gasteiger charge is 2.22. The molecule has 1 atom stereocenters. The van der Waals surface area contributed by atoms with Gasteiger partial charge in [-0.2, -0.15) is 0 Å². The molecule has 0 saturated carbocycles. The Hall–Kier alpha value is -1.70. The van der Waals surface area contributed by atoms with E-state index < -0.39 is 6.04 Å². The Morgan fingerprint density at radius 1 is 1.59 bits per heavy atom. The second-order valence-electron chi connectivity index (χ2n) is 5.04. The quantitative estimate of drug-likeness (QED) is 0.804. The maximum Gasteiger partial charge on any atom is 0.236 e. The molecular formula is C15H21N3O3S. The van der Waals surface area contributed by atoms with E-state index in [1.54, 1.807) is 25.4 Å². The summed E-state index contributed by atoms with van der Waals surface area (Å²) in [4.78, 5) is 18.9. The minimum Gasteiger partial charge on any atom is -0.440 e. The normalized spacial score (nSPS) is 12.7. The van der Waals surface area contributed by atoms with Crippen molar-refractivity contribution in [3.63, 3.8) is 0 Å². The Morgan fingerprint density at radius 2 is 2.36 bits per heavy atom. The number of rotatable bonds is 8. The summed E-state index contributed by atoms with van der Waals surface area (Å²) < 4.78 is 10.8. The molecule has 2 aromatic rings. The fraction of sp³-hybridized carbons (Fsp3) is 0.467. The molecule has 2 heterocycles. The molecule has 0 aliphatic rings. The van der Waals surface area contributed by atoms with E-state index in [1.807, 2.05) is 29.3 Å². The zero-order chi connectivity index (χ0) is 16.1. The van der Waals surface area contributed by atoms with Crippen LogP contribution in [0.1, 0.15) is 18.4 Å². The number of thiophene rings is 1. The van der Waals surface area contributed by atoms with Crippen molar-refractivity contribution in [3.05, 3.63) is 29.0 Å². The minimum atomic E-state index is -0.392. The lowest BCUT2D eigenvalue weighted by Gasteiger charge is -2.25. The van der Waals surface area contributed by atoms with Crippen LogP contribution in [0.3, 0.4) is 0 Å². The van der Waals surface area contributed by atoms with E-state index in [2.05, 4.69) is 4.98 Å². The summed E-state index contributed by atoms with van der Waals surface area (Å²) in [5.41, 5.74) is 6.23. The van der Waals surface area contributed by atoms with Crippen molar-refractivity contribution in [2.45, 2.75) is 26.4 Å². The number of nitrogens with zero attached hydrogens (tertiary/aromatic N) is 2. The van der Waals surface area contributed by atoms with Crippen LogP contribution in [0.5, 0.6) is 0 Å². The average Bonchev–Trinajstić information content (AvgIpc) is 3.12. The molecule has 0 radical (unpaired) electrons. The number of amides is 1. The molecular weight excluding hydrogens is 302 g/mol. The van der Waals surface area contributed by atoms with Crippen molar-refractivity contribution in [1.82, 2.24) is 9.88 Å². The SMILES string of the molecule is COCCN(Cc1nc(-c2cccs2)oc1C)[C@@H](C)C(N)=O. The number of aryl methyl sites for hydroxylation is 1. The Labute approximate surface area is 133 Å². The number of methoxy groups -OCH3 is 1. The van der Waals surface area contributed by atoms with Gasteiger partial charge in [-0.15, -0.1) is 11.3 Å². The van der Waals surface area contributed by atoms with Crippen LogP contribution in [0.4, 0.5) is 0 Å². The summed E-state index contributed by atoms with van der Waals surface area (Å²) in [5, 5.41) is 1.98. The molecule has 0 saturated heterocycles. The lowest BCUT2D eigenvalue weighted by atomic mass is 10.2. The van der Waals surface area contributed by atoms with Crippen LogP contribution in [-0.4, -0.2) is 42.1 Å². The summed E-state index contributed by atoms with van der Waals surface area (Å²) in [6, 6.07) is 3.53. The van der Waals surface area contributed by atoms with Crippen molar-refractivity contribution >= 4 is 17.2 Å². The molecule has 22 heavy (non-hydrogen) atoms. The Kier molecular flexibility index (Phi) is 5.70. The van der Waals surface area contributed by atoms with Crippen LogP contribution >= 0.6 is 11.3 Å². The molecule has 1 amide bonds. The first-order valence-electron chi connectivity index (χ1n) is 7.05. The fourth-order valence-corrected chi connectivity index (χ4v) is 2.72. The van der Waals surface area contributed by atoms with Gasteiger partial charge in [-0.3, -0.25) is 9.69 Å². The molecule has 120 valence electrons. The van der Waals surface area contributed by atoms with E-state index in [0.717, 1.165) is 16.3 Å². The largest absolute Gasteiger partial charge is 0.440 e. The number of nitrogens with two attached hydrogens (primary N) is 1. The number of carbonyl (C=O) groups is 1. The van der Waals surface area contributed by atoms with E-state index in [4.69, 9.17) is 14.9 Å². The topological polar surface area (TPSA) is 81.6 Å². The van der Waals surface area contributed by atoms with Crippen LogP contribution in [0.25, 0.3) is 10.8 Å². The van der Waals surface area contributed by atoms with Gasteiger partial charge in [0.05, 0.1) is 23.2 Å². The van der Waals surface area contributed by atoms with Crippen LogP contribution in [0, 0.1) is 6.92 Å². The van der Waals surface area contributed by atoms with E-state index in [9.17, 15) is 4.79 Å². The highest BCUT2D eigenvalue weighted by atomic mass is 32.1. The number of hydrogen-bond donors (Lipinski definition) is 1. The Morgan fingerprint density at radius 3 is 2.95 bits per heavy atom. The molecule has 7 heteroatoms. The molecule has 2 rings (SSSR count). The van der Waals surface area contributed by atoms with Gasteiger partial charge in [-0.25, -0.2) is 4.98 Å². The number of aromatic nitrogens is 1. The molecule has 0 aromatic carbocycles. The van der Waals surface area contributed by atoms with Crippen LogP contribution < -0.4 is 5.73 Å². The predicted molar refractivity (Wildman–Crippen MR) is 85.5 cm³/mol. The van der Waals surface area contributed by atoms with Crippen LogP contribution in [0.15, 0.2) is 21.9 Å². The minimum absolute atomic E-state index is 0.365. The van der Waals surface area contributed by atoms with Gasteiger partial charge in [0.25, 0.3) is 0 Å². The standard InChI is InChI=1S/C15H21N3O3S/c1-10(14(16)19)18(6-7-20-3)9-12-11(2)21-15(17-12)13-5-4-8-22-13/h4-5,8,10H,6-7,9H2,1-3H3,(H2,16,19)/t10-/m0/s1. The van der Waals surface area contributed by atoms with Crippen molar-refractivity contribution in [2.75, 3.05) is 20.3 Å². The maximum absolute atomic E-state index is 11.5. The monoisotopic (exact) mass is 323 g/mol. The Balaban J connectivity index is 2.17. The van der Waals surface area contributed by atoms with Gasteiger partial charge >= 0.3 is 0 Å². The van der Waals surface area contributed by atoms with Gasteiger partial charge in [0.15, 0.2) is 0 Å². The summed E-state index contributed by atoms with van der Waals surface area (Å²) >= 11 is 1.58. The molecule has 2 aromatic heterocycles. The number of hydrogen-bond acceptors (Lipinski definition) is 6. The molecule has 0 spiro atoms.